The molecule has 0 bridgehead atoms. The highest BCUT2D eigenvalue weighted by Crippen LogP contribution is 2.40. The summed E-state index contributed by atoms with van der Waals surface area (Å²) < 4.78 is 0. The molecule has 1 aromatic carbocycles. The van der Waals surface area contributed by atoms with Crippen LogP contribution in [0, 0.1) is 0 Å². The van der Waals surface area contributed by atoms with Crippen LogP contribution in [-0.2, 0) is 0 Å². The lowest BCUT2D eigenvalue weighted by Gasteiger charge is -2.44. The first-order valence-corrected chi connectivity index (χ1v) is 8.82. The van der Waals surface area contributed by atoms with Crippen molar-refractivity contribution in [2.45, 2.75) is 76.4 Å². The predicted octanol–water partition coefficient (Wildman–Crippen LogP) is 4.22. The van der Waals surface area contributed by atoms with Gasteiger partial charge in [-0.25, -0.2) is 0 Å². The molecule has 4 atom stereocenters. The van der Waals surface area contributed by atoms with E-state index in [-0.39, 0.29) is 6.04 Å². The van der Waals surface area contributed by atoms with Gasteiger partial charge < -0.3 is 5.73 Å². The van der Waals surface area contributed by atoms with Crippen LogP contribution in [0.25, 0.3) is 0 Å². The molecule has 1 heterocycles. The zero-order valence-electron chi connectivity index (χ0n) is 13.6. The molecule has 2 heteroatoms. The molecule has 21 heavy (non-hydrogen) atoms. The summed E-state index contributed by atoms with van der Waals surface area (Å²) in [7, 11) is 0. The van der Waals surface area contributed by atoms with Gasteiger partial charge in [-0.15, -0.1) is 0 Å². The highest BCUT2D eigenvalue weighted by atomic mass is 15.2. The molecule has 0 radical (unpaired) electrons. The molecule has 1 aliphatic carbocycles. The molecule has 116 valence electrons. The zero-order valence-corrected chi connectivity index (χ0v) is 13.6. The largest absolute Gasteiger partial charge is 0.323 e. The molecule has 1 fully saturated rings. The van der Waals surface area contributed by atoms with Crippen molar-refractivity contribution in [2.75, 3.05) is 6.54 Å². The lowest BCUT2D eigenvalue weighted by molar-refractivity contribution is 0.0963. The fourth-order valence-corrected chi connectivity index (χ4v) is 4.52. The molecule has 1 aromatic rings. The fraction of sp³-hybridized carbons (Fsp3) is 0.684. The third-order valence-electron chi connectivity index (χ3n) is 5.72. The monoisotopic (exact) mass is 286 g/mol. The van der Waals surface area contributed by atoms with Gasteiger partial charge in [-0.05, 0) is 49.3 Å². The molecule has 1 aliphatic heterocycles. The van der Waals surface area contributed by atoms with Gasteiger partial charge in [0.2, 0.25) is 0 Å². The van der Waals surface area contributed by atoms with Gasteiger partial charge in [-0.3, -0.25) is 4.90 Å². The fourth-order valence-electron chi connectivity index (χ4n) is 4.52. The van der Waals surface area contributed by atoms with E-state index in [1.807, 2.05) is 0 Å². The number of nitrogens with two attached hydrogens (primary N) is 1. The van der Waals surface area contributed by atoms with Crippen molar-refractivity contribution in [3.05, 3.63) is 35.4 Å². The Morgan fingerprint density at radius 3 is 2.67 bits per heavy atom. The highest BCUT2D eigenvalue weighted by molar-refractivity contribution is 5.36. The Kier molecular flexibility index (Phi) is 4.66. The Morgan fingerprint density at radius 1 is 1.14 bits per heavy atom. The van der Waals surface area contributed by atoms with Gasteiger partial charge in [0, 0.05) is 18.1 Å². The van der Waals surface area contributed by atoms with E-state index in [4.69, 9.17) is 5.73 Å². The van der Waals surface area contributed by atoms with Crippen LogP contribution in [0.5, 0.6) is 0 Å². The number of rotatable bonds is 2. The summed E-state index contributed by atoms with van der Waals surface area (Å²) in [4.78, 5) is 2.77. The van der Waals surface area contributed by atoms with E-state index in [1.165, 1.54) is 56.2 Å². The average molecular weight is 286 g/mol. The van der Waals surface area contributed by atoms with Crippen LogP contribution < -0.4 is 5.73 Å². The van der Waals surface area contributed by atoms with Gasteiger partial charge in [-0.1, -0.05) is 51.0 Å². The molecule has 0 saturated carbocycles. The topological polar surface area (TPSA) is 29.3 Å². The Labute approximate surface area is 129 Å². The Morgan fingerprint density at radius 2 is 1.90 bits per heavy atom. The van der Waals surface area contributed by atoms with Crippen LogP contribution in [0.1, 0.15) is 75.5 Å². The Bertz CT molecular complexity index is 470. The molecule has 0 spiro atoms. The Balaban J connectivity index is 1.88. The third kappa shape index (κ3) is 2.89. The minimum atomic E-state index is 0.185. The van der Waals surface area contributed by atoms with Crippen molar-refractivity contribution in [1.29, 1.82) is 0 Å². The van der Waals surface area contributed by atoms with Gasteiger partial charge in [-0.2, -0.15) is 0 Å². The molecule has 4 unspecified atom stereocenters. The number of hydrogen-bond donors (Lipinski definition) is 1. The van der Waals surface area contributed by atoms with Crippen LogP contribution in [0.3, 0.4) is 0 Å². The van der Waals surface area contributed by atoms with Crippen LogP contribution in [0.2, 0.25) is 0 Å². The summed E-state index contributed by atoms with van der Waals surface area (Å²) in [6, 6.07) is 10.3. The molecule has 2 N–H and O–H groups in total. The first kappa shape index (κ1) is 15.1. The number of hydrogen-bond acceptors (Lipinski definition) is 2. The number of nitrogens with zero attached hydrogens (tertiary/aromatic N) is 1. The van der Waals surface area contributed by atoms with E-state index in [1.54, 1.807) is 0 Å². The summed E-state index contributed by atoms with van der Waals surface area (Å²) in [5.74, 6) is 0.631. The molecule has 0 amide bonds. The van der Waals surface area contributed by atoms with E-state index in [0.717, 1.165) is 6.04 Å². The van der Waals surface area contributed by atoms with Crippen LogP contribution >= 0.6 is 0 Å². The van der Waals surface area contributed by atoms with Crippen LogP contribution in [0.15, 0.2) is 24.3 Å². The van der Waals surface area contributed by atoms with Crippen molar-refractivity contribution in [3.8, 4) is 0 Å². The van der Waals surface area contributed by atoms with E-state index >= 15 is 0 Å². The van der Waals surface area contributed by atoms with E-state index in [2.05, 4.69) is 43.0 Å². The second-order valence-electron chi connectivity index (χ2n) is 7.01. The number of benzene rings is 1. The van der Waals surface area contributed by atoms with E-state index in [9.17, 15) is 0 Å². The normalized spacial score (nSPS) is 34.2. The van der Waals surface area contributed by atoms with Gasteiger partial charge in [0.25, 0.3) is 0 Å². The van der Waals surface area contributed by atoms with Crippen molar-refractivity contribution < 1.29 is 0 Å². The highest BCUT2D eigenvalue weighted by Gasteiger charge is 2.36. The van der Waals surface area contributed by atoms with Gasteiger partial charge >= 0.3 is 0 Å². The van der Waals surface area contributed by atoms with Gasteiger partial charge in [0.05, 0.1) is 0 Å². The van der Waals surface area contributed by atoms with Crippen molar-refractivity contribution in [3.63, 3.8) is 0 Å². The maximum absolute atomic E-state index is 6.71. The third-order valence-corrected chi connectivity index (χ3v) is 5.72. The predicted molar refractivity (Wildman–Crippen MR) is 89.4 cm³/mol. The lowest BCUT2D eigenvalue weighted by atomic mass is 9.77. The summed E-state index contributed by atoms with van der Waals surface area (Å²) in [6.45, 7) is 5.96. The SMILES string of the molecule is CCC1CCCCCN1C1CC(C)c2ccccc2C1N. The molecular weight excluding hydrogens is 256 g/mol. The van der Waals surface area contributed by atoms with E-state index in [0.29, 0.717) is 12.0 Å². The van der Waals surface area contributed by atoms with E-state index < -0.39 is 0 Å². The van der Waals surface area contributed by atoms with Crippen LogP contribution in [0.4, 0.5) is 0 Å². The molecular formula is C19H30N2. The maximum Gasteiger partial charge on any atom is 0.0456 e. The van der Waals surface area contributed by atoms with Crippen LogP contribution in [-0.4, -0.2) is 23.5 Å². The van der Waals surface area contributed by atoms with Crippen molar-refractivity contribution in [2.24, 2.45) is 5.73 Å². The van der Waals surface area contributed by atoms with Gasteiger partial charge in [0.1, 0.15) is 0 Å². The molecule has 1 saturated heterocycles. The summed E-state index contributed by atoms with van der Waals surface area (Å²) in [5.41, 5.74) is 9.58. The number of likely N-dealkylation sites (tertiary alicyclic amines) is 1. The molecule has 3 rings (SSSR count). The van der Waals surface area contributed by atoms with Crippen molar-refractivity contribution >= 4 is 0 Å². The van der Waals surface area contributed by atoms with Crippen molar-refractivity contribution in [1.82, 2.24) is 4.90 Å². The first-order valence-electron chi connectivity index (χ1n) is 8.82. The maximum atomic E-state index is 6.71. The second kappa shape index (κ2) is 6.50. The van der Waals surface area contributed by atoms with Gasteiger partial charge in [0.15, 0.2) is 0 Å². The molecule has 2 nitrogen and oxygen atoms in total. The quantitative estimate of drug-likeness (QED) is 0.882. The molecule has 0 aromatic heterocycles. The smallest absolute Gasteiger partial charge is 0.0456 e. The zero-order chi connectivity index (χ0) is 14.8. The first-order chi connectivity index (χ1) is 10.2. The number of fused-ring (bicyclic) bond motifs is 1. The standard InChI is InChI=1S/C19H30N2/c1-3-15-9-5-4-8-12-21(15)18-13-14(2)16-10-6-7-11-17(16)19(18)20/h6-7,10-11,14-15,18-19H,3-5,8-9,12-13,20H2,1-2H3. The Hall–Kier alpha value is -0.860. The average Bonchev–Trinajstić information content (AvgIpc) is 2.76. The lowest BCUT2D eigenvalue weighted by Crippen LogP contribution is -2.50. The summed E-state index contributed by atoms with van der Waals surface area (Å²) in [6.07, 6.45) is 7.96. The second-order valence-corrected chi connectivity index (χ2v) is 7.01. The minimum Gasteiger partial charge on any atom is -0.323 e. The molecule has 2 aliphatic rings. The summed E-state index contributed by atoms with van der Waals surface area (Å²) >= 11 is 0. The minimum absolute atomic E-state index is 0.185. The summed E-state index contributed by atoms with van der Waals surface area (Å²) in [5, 5.41) is 0.